The summed E-state index contributed by atoms with van der Waals surface area (Å²) >= 11 is 0. The SMILES string of the molecule is CC(C)(C)CC(O)CNCc1nnc2n1CCCC2. The first-order valence-corrected chi connectivity index (χ1v) is 7.25. The highest BCUT2D eigenvalue weighted by Gasteiger charge is 2.18. The van der Waals surface area contributed by atoms with E-state index in [0.29, 0.717) is 13.1 Å². The van der Waals surface area contributed by atoms with E-state index >= 15 is 0 Å². The van der Waals surface area contributed by atoms with Crippen LogP contribution in [0.15, 0.2) is 0 Å². The average Bonchev–Trinajstić information content (AvgIpc) is 2.70. The van der Waals surface area contributed by atoms with Gasteiger partial charge in [-0.15, -0.1) is 10.2 Å². The minimum Gasteiger partial charge on any atom is -0.392 e. The second-order valence-electron chi connectivity index (χ2n) is 6.69. The summed E-state index contributed by atoms with van der Waals surface area (Å²) < 4.78 is 2.21. The molecule has 0 saturated heterocycles. The van der Waals surface area contributed by atoms with Gasteiger partial charge in [-0.25, -0.2) is 0 Å². The third kappa shape index (κ3) is 4.28. The van der Waals surface area contributed by atoms with Crippen LogP contribution in [0.4, 0.5) is 0 Å². The summed E-state index contributed by atoms with van der Waals surface area (Å²) in [6.07, 6.45) is 3.97. The van der Waals surface area contributed by atoms with Crippen LogP contribution in [0.2, 0.25) is 0 Å². The summed E-state index contributed by atoms with van der Waals surface area (Å²) in [5, 5.41) is 21.7. The highest BCUT2D eigenvalue weighted by atomic mass is 16.3. The third-order valence-electron chi connectivity index (χ3n) is 3.45. The molecule has 2 rings (SSSR count). The molecule has 5 nitrogen and oxygen atoms in total. The van der Waals surface area contributed by atoms with E-state index < -0.39 is 0 Å². The molecular formula is C14H26N4O. The number of aliphatic hydroxyl groups is 1. The lowest BCUT2D eigenvalue weighted by Gasteiger charge is -2.22. The van der Waals surface area contributed by atoms with Crippen LogP contribution in [-0.2, 0) is 19.5 Å². The topological polar surface area (TPSA) is 63.0 Å². The molecule has 1 aliphatic rings. The number of aliphatic hydroxyl groups excluding tert-OH is 1. The Morgan fingerprint density at radius 1 is 1.32 bits per heavy atom. The zero-order chi connectivity index (χ0) is 13.9. The summed E-state index contributed by atoms with van der Waals surface area (Å²) in [7, 11) is 0. The maximum Gasteiger partial charge on any atom is 0.147 e. The molecule has 2 heterocycles. The van der Waals surface area contributed by atoms with E-state index in [1.807, 2.05) is 0 Å². The van der Waals surface area contributed by atoms with Gasteiger partial charge in [0.2, 0.25) is 0 Å². The van der Waals surface area contributed by atoms with Crippen LogP contribution in [0.1, 0.15) is 51.7 Å². The molecule has 108 valence electrons. The van der Waals surface area contributed by atoms with Crippen molar-refractivity contribution >= 4 is 0 Å². The minimum absolute atomic E-state index is 0.162. The molecule has 2 N–H and O–H groups in total. The van der Waals surface area contributed by atoms with Gasteiger partial charge in [-0.1, -0.05) is 20.8 Å². The van der Waals surface area contributed by atoms with Gasteiger partial charge in [-0.3, -0.25) is 0 Å². The number of hydrogen-bond acceptors (Lipinski definition) is 4. The van der Waals surface area contributed by atoms with Crippen LogP contribution in [0.5, 0.6) is 0 Å². The first kappa shape index (κ1) is 14.5. The van der Waals surface area contributed by atoms with Crippen molar-refractivity contribution in [2.75, 3.05) is 6.54 Å². The molecule has 0 fully saturated rings. The van der Waals surface area contributed by atoms with Gasteiger partial charge in [-0.2, -0.15) is 0 Å². The molecule has 0 spiro atoms. The lowest BCUT2D eigenvalue weighted by Crippen LogP contribution is -2.30. The number of nitrogens with zero attached hydrogens (tertiary/aromatic N) is 3. The Balaban J connectivity index is 1.78. The molecule has 1 aromatic heterocycles. The molecule has 19 heavy (non-hydrogen) atoms. The van der Waals surface area contributed by atoms with E-state index in [-0.39, 0.29) is 11.5 Å². The maximum absolute atomic E-state index is 9.95. The molecular weight excluding hydrogens is 240 g/mol. The van der Waals surface area contributed by atoms with E-state index in [1.54, 1.807) is 0 Å². The normalized spacial score (nSPS) is 17.3. The van der Waals surface area contributed by atoms with Crippen molar-refractivity contribution in [3.63, 3.8) is 0 Å². The van der Waals surface area contributed by atoms with Crippen molar-refractivity contribution in [1.29, 1.82) is 0 Å². The number of rotatable bonds is 5. The zero-order valence-electron chi connectivity index (χ0n) is 12.3. The fourth-order valence-corrected chi connectivity index (χ4v) is 2.63. The quantitative estimate of drug-likeness (QED) is 0.848. The monoisotopic (exact) mass is 266 g/mol. The molecule has 0 bridgehead atoms. The Hall–Kier alpha value is -0.940. The van der Waals surface area contributed by atoms with Gasteiger partial charge in [0.15, 0.2) is 0 Å². The van der Waals surface area contributed by atoms with Crippen molar-refractivity contribution in [2.24, 2.45) is 5.41 Å². The van der Waals surface area contributed by atoms with Gasteiger partial charge in [0.05, 0.1) is 12.6 Å². The van der Waals surface area contributed by atoms with Gasteiger partial charge in [-0.05, 0) is 24.7 Å². The van der Waals surface area contributed by atoms with Crippen molar-refractivity contribution in [1.82, 2.24) is 20.1 Å². The fraction of sp³-hybridized carbons (Fsp3) is 0.857. The molecule has 0 amide bonds. The number of aryl methyl sites for hydroxylation is 1. The van der Waals surface area contributed by atoms with Crippen LogP contribution in [0.3, 0.4) is 0 Å². The molecule has 1 aromatic rings. The Morgan fingerprint density at radius 2 is 2.11 bits per heavy atom. The highest BCUT2D eigenvalue weighted by Crippen LogP contribution is 2.20. The van der Waals surface area contributed by atoms with Gasteiger partial charge in [0.1, 0.15) is 11.6 Å². The van der Waals surface area contributed by atoms with E-state index in [1.165, 1.54) is 12.8 Å². The Morgan fingerprint density at radius 3 is 2.84 bits per heavy atom. The summed E-state index contributed by atoms with van der Waals surface area (Å²) in [5.41, 5.74) is 0.162. The van der Waals surface area contributed by atoms with Crippen molar-refractivity contribution in [3.05, 3.63) is 11.6 Å². The standard InChI is InChI=1S/C14H26N4O/c1-14(2,3)8-11(19)9-15-10-13-17-16-12-6-4-5-7-18(12)13/h11,15,19H,4-10H2,1-3H3. The van der Waals surface area contributed by atoms with Gasteiger partial charge < -0.3 is 15.0 Å². The van der Waals surface area contributed by atoms with Crippen molar-refractivity contribution < 1.29 is 5.11 Å². The molecule has 1 atom stereocenters. The van der Waals surface area contributed by atoms with Crippen molar-refractivity contribution in [2.45, 2.75) is 65.6 Å². The molecule has 1 aliphatic heterocycles. The summed E-state index contributed by atoms with van der Waals surface area (Å²) in [6, 6.07) is 0. The number of aromatic nitrogens is 3. The Bertz CT molecular complexity index is 408. The molecule has 1 unspecified atom stereocenters. The minimum atomic E-state index is -0.302. The van der Waals surface area contributed by atoms with Gasteiger partial charge >= 0.3 is 0 Å². The first-order valence-electron chi connectivity index (χ1n) is 7.25. The molecule has 5 heteroatoms. The predicted molar refractivity (Wildman–Crippen MR) is 74.7 cm³/mol. The number of hydrogen-bond donors (Lipinski definition) is 2. The Labute approximate surface area is 115 Å². The number of fused-ring (bicyclic) bond motifs is 1. The summed E-state index contributed by atoms with van der Waals surface area (Å²) in [6.45, 7) is 8.76. The predicted octanol–water partition coefficient (Wildman–Crippen LogP) is 1.50. The van der Waals surface area contributed by atoms with Crippen LogP contribution in [0.25, 0.3) is 0 Å². The van der Waals surface area contributed by atoms with Crippen LogP contribution in [0, 0.1) is 5.41 Å². The van der Waals surface area contributed by atoms with Crippen LogP contribution < -0.4 is 5.32 Å². The van der Waals surface area contributed by atoms with Gasteiger partial charge in [0.25, 0.3) is 0 Å². The highest BCUT2D eigenvalue weighted by molar-refractivity contribution is 4.98. The smallest absolute Gasteiger partial charge is 0.147 e. The van der Waals surface area contributed by atoms with Crippen LogP contribution in [-0.4, -0.2) is 32.5 Å². The average molecular weight is 266 g/mol. The summed E-state index contributed by atoms with van der Waals surface area (Å²) in [5.74, 6) is 2.11. The van der Waals surface area contributed by atoms with Crippen LogP contribution >= 0.6 is 0 Å². The fourth-order valence-electron chi connectivity index (χ4n) is 2.63. The Kier molecular flexibility index (Phi) is 4.58. The van der Waals surface area contributed by atoms with Gasteiger partial charge in [0, 0.05) is 19.5 Å². The molecule has 0 aliphatic carbocycles. The maximum atomic E-state index is 9.95. The van der Waals surface area contributed by atoms with E-state index in [9.17, 15) is 5.11 Å². The lowest BCUT2D eigenvalue weighted by atomic mass is 9.89. The third-order valence-corrected chi connectivity index (χ3v) is 3.45. The lowest BCUT2D eigenvalue weighted by molar-refractivity contribution is 0.119. The van der Waals surface area contributed by atoms with Crippen molar-refractivity contribution in [3.8, 4) is 0 Å². The molecule has 0 radical (unpaired) electrons. The first-order chi connectivity index (χ1) is 8.96. The van der Waals surface area contributed by atoms with E-state index in [0.717, 1.165) is 31.0 Å². The van der Waals surface area contributed by atoms with E-state index in [4.69, 9.17) is 0 Å². The second kappa shape index (κ2) is 6.01. The number of nitrogens with one attached hydrogen (secondary N) is 1. The molecule has 0 aromatic carbocycles. The second-order valence-corrected chi connectivity index (χ2v) is 6.69. The zero-order valence-corrected chi connectivity index (χ0v) is 12.3. The molecule has 0 saturated carbocycles. The largest absolute Gasteiger partial charge is 0.392 e. The summed E-state index contributed by atoms with van der Waals surface area (Å²) in [4.78, 5) is 0. The van der Waals surface area contributed by atoms with E-state index in [2.05, 4.69) is 40.9 Å².